The van der Waals surface area contributed by atoms with Gasteiger partial charge in [-0.1, -0.05) is 91.7 Å². The number of benzene rings is 4. The molecule has 0 saturated heterocycles. The van der Waals surface area contributed by atoms with Gasteiger partial charge in [0.05, 0.1) is 5.69 Å². The lowest BCUT2D eigenvalue weighted by molar-refractivity contribution is -0.140. The molecule has 1 unspecified atom stereocenters. The van der Waals surface area contributed by atoms with Crippen LogP contribution in [0.1, 0.15) is 41.3 Å². The van der Waals surface area contributed by atoms with E-state index in [0.717, 1.165) is 34.7 Å². The SMILES string of the molecule is CCCCNC(=O)C(Cc1ccccc1)N(Cc1cccc(Cl)c1)C(=O)CN1C(=O)c2cccc3cccc1c23. The van der Waals surface area contributed by atoms with Crippen molar-refractivity contribution in [2.24, 2.45) is 0 Å². The third-order valence-corrected chi connectivity index (χ3v) is 7.52. The Kier molecular flexibility index (Phi) is 8.46. The quantitative estimate of drug-likeness (QED) is 0.231. The molecule has 1 atom stereocenters. The molecule has 204 valence electrons. The lowest BCUT2D eigenvalue weighted by atomic mass is 10.0. The number of hydrogen-bond donors (Lipinski definition) is 1. The Morgan fingerprint density at radius 2 is 1.65 bits per heavy atom. The summed E-state index contributed by atoms with van der Waals surface area (Å²) in [6.45, 7) is 2.59. The van der Waals surface area contributed by atoms with Crippen molar-refractivity contribution >= 4 is 45.8 Å². The van der Waals surface area contributed by atoms with E-state index in [-0.39, 0.29) is 30.8 Å². The van der Waals surface area contributed by atoms with Crippen LogP contribution >= 0.6 is 11.6 Å². The van der Waals surface area contributed by atoms with Crippen molar-refractivity contribution in [3.8, 4) is 0 Å². The van der Waals surface area contributed by atoms with E-state index in [4.69, 9.17) is 11.6 Å². The van der Waals surface area contributed by atoms with Crippen LogP contribution in [-0.4, -0.2) is 41.8 Å². The molecular weight excluding hydrogens is 522 g/mol. The molecule has 0 saturated carbocycles. The van der Waals surface area contributed by atoms with Crippen molar-refractivity contribution in [3.05, 3.63) is 113 Å². The third-order valence-electron chi connectivity index (χ3n) is 7.29. The number of carbonyl (C=O) groups is 3. The highest BCUT2D eigenvalue weighted by Gasteiger charge is 2.35. The van der Waals surface area contributed by atoms with Crippen molar-refractivity contribution in [2.45, 2.75) is 38.8 Å². The molecule has 4 aromatic rings. The maximum absolute atomic E-state index is 14.2. The first kappa shape index (κ1) is 27.4. The summed E-state index contributed by atoms with van der Waals surface area (Å²) in [7, 11) is 0. The van der Waals surface area contributed by atoms with E-state index < -0.39 is 6.04 Å². The molecule has 1 N–H and O–H groups in total. The van der Waals surface area contributed by atoms with Gasteiger partial charge in [-0.15, -0.1) is 0 Å². The first-order chi connectivity index (χ1) is 19.5. The Bertz CT molecular complexity index is 1530. The lowest BCUT2D eigenvalue weighted by Crippen LogP contribution is -2.53. The van der Waals surface area contributed by atoms with Gasteiger partial charge in [-0.3, -0.25) is 19.3 Å². The number of hydrogen-bond acceptors (Lipinski definition) is 3. The standard InChI is InChI=1S/C33H32ClN3O3/c1-2-3-18-35-32(39)29(20-23-10-5-4-6-11-23)36(21-24-12-7-15-26(34)19-24)30(38)22-37-28-17-9-14-25-13-8-16-27(31(25)28)33(37)40/h4-17,19,29H,2-3,18,20-22H2,1H3,(H,35,39). The van der Waals surface area contributed by atoms with E-state index in [1.54, 1.807) is 23.1 Å². The van der Waals surface area contributed by atoms with Crippen LogP contribution < -0.4 is 10.2 Å². The average molecular weight is 554 g/mol. The number of anilines is 1. The van der Waals surface area contributed by atoms with Crippen molar-refractivity contribution < 1.29 is 14.4 Å². The van der Waals surface area contributed by atoms with Crippen LogP contribution in [0.25, 0.3) is 10.8 Å². The summed E-state index contributed by atoms with van der Waals surface area (Å²) in [6.07, 6.45) is 2.13. The second-order valence-electron chi connectivity index (χ2n) is 10.1. The largest absolute Gasteiger partial charge is 0.354 e. The van der Waals surface area contributed by atoms with E-state index in [1.807, 2.05) is 72.8 Å². The lowest BCUT2D eigenvalue weighted by Gasteiger charge is -2.33. The predicted octanol–water partition coefficient (Wildman–Crippen LogP) is 6.01. The molecule has 1 aliphatic heterocycles. The molecule has 0 spiro atoms. The molecule has 6 nitrogen and oxygen atoms in total. The molecule has 5 rings (SSSR count). The molecule has 4 aromatic carbocycles. The second kappa shape index (κ2) is 12.3. The van der Waals surface area contributed by atoms with Crippen molar-refractivity contribution in [2.75, 3.05) is 18.0 Å². The number of nitrogens with zero attached hydrogens (tertiary/aromatic N) is 2. The van der Waals surface area contributed by atoms with Crippen molar-refractivity contribution in [1.29, 1.82) is 0 Å². The zero-order valence-corrected chi connectivity index (χ0v) is 23.2. The highest BCUT2D eigenvalue weighted by molar-refractivity contribution is 6.30. The van der Waals surface area contributed by atoms with E-state index in [9.17, 15) is 14.4 Å². The topological polar surface area (TPSA) is 69.7 Å². The van der Waals surface area contributed by atoms with Gasteiger partial charge < -0.3 is 10.2 Å². The van der Waals surface area contributed by atoms with Gasteiger partial charge in [-0.05, 0) is 47.2 Å². The Balaban J connectivity index is 1.49. The minimum atomic E-state index is -0.776. The summed E-state index contributed by atoms with van der Waals surface area (Å²) in [6, 6.07) is 27.5. The molecule has 40 heavy (non-hydrogen) atoms. The zero-order valence-electron chi connectivity index (χ0n) is 22.5. The number of unbranched alkanes of at least 4 members (excludes halogenated alkanes) is 1. The molecule has 0 aromatic heterocycles. The summed E-state index contributed by atoms with van der Waals surface area (Å²) in [4.78, 5) is 44.4. The Hall–Kier alpha value is -4.16. The normalized spacial score (nSPS) is 12.9. The summed E-state index contributed by atoms with van der Waals surface area (Å²) in [5.74, 6) is -0.745. The van der Waals surface area contributed by atoms with Gasteiger partial charge >= 0.3 is 0 Å². The van der Waals surface area contributed by atoms with E-state index in [1.165, 1.54) is 4.90 Å². The van der Waals surface area contributed by atoms with E-state index in [2.05, 4.69) is 12.2 Å². The first-order valence-corrected chi connectivity index (χ1v) is 14.0. The van der Waals surface area contributed by atoms with Crippen LogP contribution in [0.3, 0.4) is 0 Å². The van der Waals surface area contributed by atoms with Gasteiger partial charge in [-0.25, -0.2) is 0 Å². The van der Waals surface area contributed by atoms with Crippen molar-refractivity contribution in [1.82, 2.24) is 10.2 Å². The predicted molar refractivity (Wildman–Crippen MR) is 159 cm³/mol. The molecule has 1 aliphatic rings. The molecule has 7 heteroatoms. The summed E-state index contributed by atoms with van der Waals surface area (Å²) in [5, 5.41) is 5.38. The number of amides is 3. The van der Waals surface area contributed by atoms with Crippen LogP contribution in [0.4, 0.5) is 5.69 Å². The molecule has 0 bridgehead atoms. The van der Waals surface area contributed by atoms with Gasteiger partial charge in [0.2, 0.25) is 11.8 Å². The van der Waals surface area contributed by atoms with Gasteiger partial charge in [0.1, 0.15) is 12.6 Å². The third kappa shape index (κ3) is 5.87. The van der Waals surface area contributed by atoms with Crippen LogP contribution in [0.15, 0.2) is 91.0 Å². The smallest absolute Gasteiger partial charge is 0.259 e. The highest BCUT2D eigenvalue weighted by atomic mass is 35.5. The Morgan fingerprint density at radius 3 is 2.40 bits per heavy atom. The number of carbonyl (C=O) groups excluding carboxylic acids is 3. The fraction of sp³-hybridized carbons (Fsp3) is 0.242. The zero-order chi connectivity index (χ0) is 28.1. The molecule has 3 amide bonds. The second-order valence-corrected chi connectivity index (χ2v) is 10.5. The molecule has 1 heterocycles. The first-order valence-electron chi connectivity index (χ1n) is 13.7. The molecule has 0 radical (unpaired) electrons. The minimum Gasteiger partial charge on any atom is -0.354 e. The summed E-state index contributed by atoms with van der Waals surface area (Å²) < 4.78 is 0. The Morgan fingerprint density at radius 1 is 0.925 bits per heavy atom. The van der Waals surface area contributed by atoms with Crippen molar-refractivity contribution in [3.63, 3.8) is 0 Å². The van der Waals surface area contributed by atoms with Crippen LogP contribution in [0.2, 0.25) is 5.02 Å². The number of rotatable bonds is 11. The fourth-order valence-electron chi connectivity index (χ4n) is 5.25. The van der Waals surface area contributed by atoms with Gasteiger partial charge in [0, 0.05) is 35.5 Å². The van der Waals surface area contributed by atoms with Crippen LogP contribution in [0.5, 0.6) is 0 Å². The van der Waals surface area contributed by atoms with Crippen LogP contribution in [-0.2, 0) is 22.6 Å². The molecule has 0 aliphatic carbocycles. The summed E-state index contributed by atoms with van der Waals surface area (Å²) >= 11 is 6.28. The number of halogens is 1. The highest BCUT2D eigenvalue weighted by Crippen LogP contribution is 2.37. The van der Waals surface area contributed by atoms with E-state index in [0.29, 0.717) is 29.2 Å². The summed E-state index contributed by atoms with van der Waals surface area (Å²) in [5.41, 5.74) is 3.04. The van der Waals surface area contributed by atoms with Gasteiger partial charge in [0.25, 0.3) is 5.91 Å². The average Bonchev–Trinajstić information content (AvgIpc) is 3.23. The van der Waals surface area contributed by atoms with Gasteiger partial charge in [0.15, 0.2) is 0 Å². The van der Waals surface area contributed by atoms with Gasteiger partial charge in [-0.2, -0.15) is 0 Å². The molecular formula is C33H32ClN3O3. The fourth-order valence-corrected chi connectivity index (χ4v) is 5.47. The molecule has 0 fully saturated rings. The van der Waals surface area contributed by atoms with E-state index >= 15 is 0 Å². The Labute approximate surface area is 239 Å². The maximum Gasteiger partial charge on any atom is 0.259 e. The monoisotopic (exact) mass is 553 g/mol. The number of nitrogens with one attached hydrogen (secondary N) is 1. The maximum atomic E-state index is 14.2. The van der Waals surface area contributed by atoms with Crippen LogP contribution in [0, 0.1) is 0 Å². The minimum absolute atomic E-state index is 0.178.